The second-order valence-corrected chi connectivity index (χ2v) is 8.33. The van der Waals surface area contributed by atoms with Crippen molar-refractivity contribution < 1.29 is 12.6 Å². The van der Waals surface area contributed by atoms with Crippen molar-refractivity contribution in [1.82, 2.24) is 0 Å². The van der Waals surface area contributed by atoms with E-state index >= 15 is 0 Å². The Hall–Kier alpha value is -1.66. The van der Waals surface area contributed by atoms with Crippen LogP contribution in [0.25, 0.3) is 0 Å². The summed E-state index contributed by atoms with van der Waals surface area (Å²) >= 11 is 0. The third kappa shape index (κ3) is 4.15. The molecule has 2 aromatic rings. The number of nitrogen functional groups attached to an aromatic ring is 1. The molecule has 2 N–H and O–H groups in total. The van der Waals surface area contributed by atoms with Crippen molar-refractivity contribution in [3.05, 3.63) is 54.1 Å². The maximum Gasteiger partial charge on any atom is 0.175 e. The number of para-hydroxylation sites is 1. The highest BCUT2D eigenvalue weighted by molar-refractivity contribution is 7.90. The molecule has 6 heteroatoms. The normalized spacial score (nSPS) is 13.0. The number of hydrogen-bond acceptors (Lipinski definition) is 4. The van der Waals surface area contributed by atoms with Gasteiger partial charge in [0.25, 0.3) is 0 Å². The number of anilines is 1. The SMILES string of the molecule is CS(=O)(=O)c1ccc(S(=O)CCc2ccccc2N)cc1. The molecular weight excluding hydrogens is 306 g/mol. The Bertz CT molecular complexity index is 753. The lowest BCUT2D eigenvalue weighted by Crippen LogP contribution is -2.04. The highest BCUT2D eigenvalue weighted by Crippen LogP contribution is 2.16. The van der Waals surface area contributed by atoms with Gasteiger partial charge in [-0.1, -0.05) is 18.2 Å². The number of hydrogen-bond donors (Lipinski definition) is 1. The maximum absolute atomic E-state index is 12.2. The zero-order valence-corrected chi connectivity index (χ0v) is 13.3. The molecule has 1 unspecified atom stereocenters. The molecule has 0 aliphatic heterocycles. The molecule has 0 amide bonds. The Morgan fingerprint density at radius 3 is 2.24 bits per heavy atom. The third-order valence-corrected chi connectivity index (χ3v) is 5.63. The van der Waals surface area contributed by atoms with E-state index in [2.05, 4.69) is 0 Å². The van der Waals surface area contributed by atoms with Crippen molar-refractivity contribution in [2.24, 2.45) is 0 Å². The third-order valence-electron chi connectivity index (χ3n) is 3.13. The Morgan fingerprint density at radius 2 is 1.67 bits per heavy atom. The summed E-state index contributed by atoms with van der Waals surface area (Å²) in [7, 11) is -4.40. The van der Waals surface area contributed by atoms with Crippen molar-refractivity contribution in [1.29, 1.82) is 0 Å². The van der Waals surface area contributed by atoms with Gasteiger partial charge in [0.2, 0.25) is 0 Å². The molecular formula is C15H17NO3S2. The summed E-state index contributed by atoms with van der Waals surface area (Å²) in [5.74, 6) is 0.451. The zero-order chi connectivity index (χ0) is 15.5. The molecule has 0 saturated carbocycles. The summed E-state index contributed by atoms with van der Waals surface area (Å²) in [5.41, 5.74) is 7.51. The molecule has 21 heavy (non-hydrogen) atoms. The van der Waals surface area contributed by atoms with Gasteiger partial charge in [-0.25, -0.2) is 8.42 Å². The first kappa shape index (κ1) is 15.7. The van der Waals surface area contributed by atoms with Gasteiger partial charge in [0.05, 0.1) is 15.7 Å². The fraction of sp³-hybridized carbons (Fsp3) is 0.200. The molecule has 4 nitrogen and oxygen atoms in total. The lowest BCUT2D eigenvalue weighted by Gasteiger charge is -2.06. The molecule has 0 heterocycles. The van der Waals surface area contributed by atoms with Crippen LogP contribution in [0.5, 0.6) is 0 Å². The first-order valence-electron chi connectivity index (χ1n) is 6.40. The molecule has 0 saturated heterocycles. The van der Waals surface area contributed by atoms with Crippen LogP contribution in [0.1, 0.15) is 5.56 Å². The number of rotatable bonds is 5. The van der Waals surface area contributed by atoms with Crippen molar-refractivity contribution in [3.8, 4) is 0 Å². The number of benzene rings is 2. The van der Waals surface area contributed by atoms with Crippen LogP contribution in [-0.2, 0) is 27.1 Å². The minimum Gasteiger partial charge on any atom is -0.399 e. The van der Waals surface area contributed by atoms with Crippen LogP contribution in [0.4, 0.5) is 5.69 Å². The highest BCUT2D eigenvalue weighted by atomic mass is 32.2. The van der Waals surface area contributed by atoms with Gasteiger partial charge in [0.15, 0.2) is 9.84 Å². The minimum absolute atomic E-state index is 0.232. The van der Waals surface area contributed by atoms with Gasteiger partial charge in [-0.15, -0.1) is 0 Å². The molecule has 2 aromatic carbocycles. The predicted octanol–water partition coefficient (Wildman–Crippen LogP) is 2.02. The zero-order valence-electron chi connectivity index (χ0n) is 11.7. The average molecular weight is 323 g/mol. The van der Waals surface area contributed by atoms with E-state index in [0.29, 0.717) is 22.8 Å². The van der Waals surface area contributed by atoms with E-state index < -0.39 is 20.6 Å². The van der Waals surface area contributed by atoms with Crippen LogP contribution in [0, 0.1) is 0 Å². The molecule has 0 aliphatic rings. The Balaban J connectivity index is 2.06. The van der Waals surface area contributed by atoms with Gasteiger partial charge in [-0.05, 0) is 42.3 Å². The second-order valence-electron chi connectivity index (χ2n) is 4.74. The van der Waals surface area contributed by atoms with E-state index in [9.17, 15) is 12.6 Å². The van der Waals surface area contributed by atoms with Gasteiger partial charge < -0.3 is 5.73 Å². The van der Waals surface area contributed by atoms with Gasteiger partial charge in [-0.2, -0.15) is 0 Å². The van der Waals surface area contributed by atoms with E-state index in [1.807, 2.05) is 24.3 Å². The molecule has 112 valence electrons. The lowest BCUT2D eigenvalue weighted by atomic mass is 10.1. The number of sulfone groups is 1. The quantitative estimate of drug-likeness (QED) is 0.854. The topological polar surface area (TPSA) is 77.2 Å². The van der Waals surface area contributed by atoms with Crippen molar-refractivity contribution in [3.63, 3.8) is 0 Å². The van der Waals surface area contributed by atoms with E-state index in [1.165, 1.54) is 12.1 Å². The maximum atomic E-state index is 12.2. The molecule has 0 fully saturated rings. The summed E-state index contributed by atoms with van der Waals surface area (Å²) in [6, 6.07) is 13.7. The first-order valence-corrected chi connectivity index (χ1v) is 9.61. The molecule has 0 aromatic heterocycles. The monoisotopic (exact) mass is 323 g/mol. The fourth-order valence-electron chi connectivity index (χ4n) is 1.92. The van der Waals surface area contributed by atoms with Crippen LogP contribution in [0.15, 0.2) is 58.3 Å². The second kappa shape index (κ2) is 6.41. The fourth-order valence-corrected chi connectivity index (χ4v) is 3.63. The van der Waals surface area contributed by atoms with Gasteiger partial charge in [0, 0.05) is 22.6 Å². The van der Waals surface area contributed by atoms with Crippen LogP contribution in [0.3, 0.4) is 0 Å². The average Bonchev–Trinajstić information content (AvgIpc) is 2.45. The van der Waals surface area contributed by atoms with Crippen LogP contribution in [-0.4, -0.2) is 24.6 Å². The van der Waals surface area contributed by atoms with Gasteiger partial charge >= 0.3 is 0 Å². The Kier molecular flexibility index (Phi) is 4.80. The van der Waals surface area contributed by atoms with Crippen molar-refractivity contribution in [2.45, 2.75) is 16.2 Å². The van der Waals surface area contributed by atoms with Gasteiger partial charge in [0.1, 0.15) is 0 Å². The summed E-state index contributed by atoms with van der Waals surface area (Å²) in [6.07, 6.45) is 1.77. The number of nitrogens with two attached hydrogens (primary N) is 1. The van der Waals surface area contributed by atoms with Crippen LogP contribution >= 0.6 is 0 Å². The van der Waals surface area contributed by atoms with Crippen molar-refractivity contribution in [2.75, 3.05) is 17.7 Å². The minimum atomic E-state index is -3.22. The van der Waals surface area contributed by atoms with E-state index in [-0.39, 0.29) is 4.90 Å². The Labute approximate surface area is 127 Å². The summed E-state index contributed by atoms with van der Waals surface area (Å²) in [4.78, 5) is 0.854. The van der Waals surface area contributed by atoms with E-state index in [1.54, 1.807) is 12.1 Å². The first-order chi connectivity index (χ1) is 9.88. The molecule has 0 aliphatic carbocycles. The van der Waals surface area contributed by atoms with Gasteiger partial charge in [-0.3, -0.25) is 4.21 Å². The highest BCUT2D eigenvalue weighted by Gasteiger charge is 2.09. The molecule has 0 bridgehead atoms. The summed E-state index contributed by atoms with van der Waals surface area (Å²) in [5, 5.41) is 0. The molecule has 0 radical (unpaired) electrons. The predicted molar refractivity (Wildman–Crippen MR) is 85.4 cm³/mol. The summed E-state index contributed by atoms with van der Waals surface area (Å²) < 4.78 is 35.0. The van der Waals surface area contributed by atoms with Crippen LogP contribution < -0.4 is 5.73 Å². The van der Waals surface area contributed by atoms with Crippen LogP contribution in [0.2, 0.25) is 0 Å². The van der Waals surface area contributed by atoms with Crippen molar-refractivity contribution >= 4 is 26.3 Å². The molecule has 0 spiro atoms. The number of aryl methyl sites for hydroxylation is 1. The summed E-state index contributed by atoms with van der Waals surface area (Å²) in [6.45, 7) is 0. The molecule has 1 atom stereocenters. The standard InChI is InChI=1S/C15H17NO3S2/c1-21(18,19)14-8-6-13(7-9-14)20(17)11-10-12-4-2-3-5-15(12)16/h2-9H,10-11,16H2,1H3. The Morgan fingerprint density at radius 1 is 1.05 bits per heavy atom. The lowest BCUT2D eigenvalue weighted by molar-refractivity contribution is 0.601. The largest absolute Gasteiger partial charge is 0.399 e. The van der Waals surface area contributed by atoms with E-state index in [0.717, 1.165) is 11.8 Å². The smallest absolute Gasteiger partial charge is 0.175 e. The molecule has 2 rings (SSSR count). The van der Waals surface area contributed by atoms with E-state index in [4.69, 9.17) is 5.73 Å².